The molecule has 1 N–H and O–H groups in total. The standard InChI is InChI=1S/C8H18N3S/c1-10-4-6-11(2,7-5-10)8(9)12-3/h9H,4-7H2,1-3H3/q+1. The first-order chi connectivity index (χ1) is 5.58. The maximum Gasteiger partial charge on any atom is 0.255 e. The largest absolute Gasteiger partial charge is 0.295 e. The molecule has 0 radical (unpaired) electrons. The van der Waals surface area contributed by atoms with Crippen molar-refractivity contribution in [3.63, 3.8) is 0 Å². The van der Waals surface area contributed by atoms with Gasteiger partial charge in [-0.15, -0.1) is 0 Å². The van der Waals surface area contributed by atoms with E-state index < -0.39 is 0 Å². The topological polar surface area (TPSA) is 27.1 Å². The van der Waals surface area contributed by atoms with E-state index in [-0.39, 0.29) is 0 Å². The molecule has 0 aromatic carbocycles. The number of nitrogens with zero attached hydrogens (tertiary/aromatic N) is 2. The lowest BCUT2D eigenvalue weighted by molar-refractivity contribution is -0.823. The molecule has 12 heavy (non-hydrogen) atoms. The van der Waals surface area contributed by atoms with Crippen molar-refractivity contribution in [2.75, 3.05) is 46.5 Å². The summed E-state index contributed by atoms with van der Waals surface area (Å²) in [4.78, 5) is 2.33. The van der Waals surface area contributed by atoms with E-state index >= 15 is 0 Å². The minimum Gasteiger partial charge on any atom is -0.295 e. The lowest BCUT2D eigenvalue weighted by Crippen LogP contribution is -2.58. The van der Waals surface area contributed by atoms with Crippen LogP contribution in [0.25, 0.3) is 0 Å². The Balaban J connectivity index is 2.55. The van der Waals surface area contributed by atoms with Crippen molar-refractivity contribution in [3.8, 4) is 0 Å². The molecule has 0 amide bonds. The molecule has 0 aromatic rings. The zero-order valence-electron chi connectivity index (χ0n) is 8.13. The minimum absolute atomic E-state index is 0.795. The van der Waals surface area contributed by atoms with Gasteiger partial charge in [-0.2, -0.15) is 0 Å². The molecule has 3 nitrogen and oxygen atoms in total. The molecule has 4 heteroatoms. The van der Waals surface area contributed by atoms with E-state index in [9.17, 15) is 0 Å². The van der Waals surface area contributed by atoms with Crippen LogP contribution in [0.4, 0.5) is 0 Å². The molecule has 1 aliphatic heterocycles. The molecule has 0 aromatic heterocycles. The zero-order chi connectivity index (χ0) is 9.19. The molecule has 0 unspecified atom stereocenters. The highest BCUT2D eigenvalue weighted by molar-refractivity contribution is 8.12. The Kier molecular flexibility index (Phi) is 3.15. The van der Waals surface area contributed by atoms with Gasteiger partial charge in [0.25, 0.3) is 5.17 Å². The number of thioether (sulfide) groups is 1. The summed E-state index contributed by atoms with van der Waals surface area (Å²) in [6.07, 6.45) is 1.99. The third kappa shape index (κ3) is 2.00. The summed E-state index contributed by atoms with van der Waals surface area (Å²) >= 11 is 1.57. The second-order valence-electron chi connectivity index (χ2n) is 3.66. The number of hydrogen-bond donors (Lipinski definition) is 1. The molecule has 0 aliphatic carbocycles. The van der Waals surface area contributed by atoms with E-state index in [0.29, 0.717) is 0 Å². The Morgan fingerprint density at radius 2 is 1.92 bits per heavy atom. The Bertz CT molecular complexity index is 173. The van der Waals surface area contributed by atoms with Gasteiger partial charge in [0, 0.05) is 13.1 Å². The van der Waals surface area contributed by atoms with Crippen LogP contribution in [0.5, 0.6) is 0 Å². The molecular weight excluding hydrogens is 170 g/mol. The number of nitrogens with one attached hydrogen (secondary N) is 1. The fraction of sp³-hybridized carbons (Fsp3) is 0.875. The number of likely N-dealkylation sites (N-methyl/N-ethyl adjacent to an activating group) is 2. The van der Waals surface area contributed by atoms with Gasteiger partial charge < -0.3 is 0 Å². The first-order valence-corrected chi connectivity index (χ1v) is 5.47. The van der Waals surface area contributed by atoms with Crippen LogP contribution in [-0.4, -0.2) is 61.1 Å². The van der Waals surface area contributed by atoms with Crippen LogP contribution in [0.1, 0.15) is 0 Å². The van der Waals surface area contributed by atoms with Gasteiger partial charge in [0.1, 0.15) is 0 Å². The fourth-order valence-corrected chi connectivity index (χ4v) is 2.05. The lowest BCUT2D eigenvalue weighted by Gasteiger charge is -2.39. The van der Waals surface area contributed by atoms with Crippen molar-refractivity contribution in [1.29, 1.82) is 5.41 Å². The molecule has 1 aliphatic rings. The van der Waals surface area contributed by atoms with Gasteiger partial charge in [-0.05, 0) is 13.3 Å². The summed E-state index contributed by atoms with van der Waals surface area (Å²) in [6.45, 7) is 4.38. The molecule has 1 rings (SSSR count). The molecular formula is C8H18N3S+. The van der Waals surface area contributed by atoms with Gasteiger partial charge in [-0.3, -0.25) is 9.38 Å². The number of amidine groups is 1. The normalized spacial score (nSPS) is 23.9. The first kappa shape index (κ1) is 10.0. The SMILES string of the molecule is CSC(=N)[N+]1(C)CCN(C)CC1. The van der Waals surface area contributed by atoms with Crippen molar-refractivity contribution >= 4 is 16.9 Å². The maximum absolute atomic E-state index is 7.81. The third-order valence-corrected chi connectivity index (χ3v) is 3.46. The highest BCUT2D eigenvalue weighted by Crippen LogP contribution is 2.15. The summed E-state index contributed by atoms with van der Waals surface area (Å²) in [7, 11) is 4.30. The van der Waals surface area contributed by atoms with Gasteiger partial charge in [0.05, 0.1) is 20.1 Å². The number of quaternary nitrogens is 1. The lowest BCUT2D eigenvalue weighted by atomic mass is 10.3. The Hall–Kier alpha value is -0.0600. The van der Waals surface area contributed by atoms with Crippen molar-refractivity contribution in [1.82, 2.24) is 4.90 Å². The highest BCUT2D eigenvalue weighted by Gasteiger charge is 2.31. The molecule has 1 heterocycles. The average Bonchev–Trinajstić information content (AvgIpc) is 2.09. The first-order valence-electron chi connectivity index (χ1n) is 4.25. The molecule has 1 saturated heterocycles. The van der Waals surface area contributed by atoms with E-state index in [4.69, 9.17) is 5.41 Å². The second-order valence-corrected chi connectivity index (χ2v) is 4.45. The average molecular weight is 188 g/mol. The van der Waals surface area contributed by atoms with Crippen LogP contribution in [0.15, 0.2) is 0 Å². The molecule has 0 atom stereocenters. The van der Waals surface area contributed by atoms with E-state index in [1.165, 1.54) is 0 Å². The van der Waals surface area contributed by atoms with Gasteiger partial charge in [-0.1, -0.05) is 11.8 Å². The Labute approximate surface area is 78.8 Å². The van der Waals surface area contributed by atoms with E-state index in [1.807, 2.05) is 6.26 Å². The van der Waals surface area contributed by atoms with E-state index in [1.54, 1.807) is 11.8 Å². The van der Waals surface area contributed by atoms with E-state index in [2.05, 4.69) is 19.0 Å². The summed E-state index contributed by atoms with van der Waals surface area (Å²) < 4.78 is 0.825. The van der Waals surface area contributed by atoms with Crippen LogP contribution in [0, 0.1) is 5.41 Å². The van der Waals surface area contributed by atoms with E-state index in [0.717, 1.165) is 35.8 Å². The summed E-state index contributed by atoms with van der Waals surface area (Å²) in [6, 6.07) is 0. The smallest absolute Gasteiger partial charge is 0.255 e. The van der Waals surface area contributed by atoms with Crippen LogP contribution < -0.4 is 0 Å². The number of hydrogen-bond acceptors (Lipinski definition) is 3. The molecule has 1 fully saturated rings. The van der Waals surface area contributed by atoms with Crippen LogP contribution in [0.3, 0.4) is 0 Å². The van der Waals surface area contributed by atoms with Gasteiger partial charge >= 0.3 is 0 Å². The van der Waals surface area contributed by atoms with Crippen molar-refractivity contribution in [2.45, 2.75) is 0 Å². The van der Waals surface area contributed by atoms with Crippen LogP contribution in [-0.2, 0) is 0 Å². The zero-order valence-corrected chi connectivity index (χ0v) is 8.95. The molecule has 70 valence electrons. The van der Waals surface area contributed by atoms with Crippen LogP contribution in [0.2, 0.25) is 0 Å². The van der Waals surface area contributed by atoms with Crippen molar-refractivity contribution in [2.24, 2.45) is 0 Å². The molecule has 0 bridgehead atoms. The van der Waals surface area contributed by atoms with Gasteiger partial charge in [0.15, 0.2) is 0 Å². The summed E-state index contributed by atoms with van der Waals surface area (Å²) in [5.41, 5.74) is 0. The second kappa shape index (κ2) is 3.77. The quantitative estimate of drug-likeness (QED) is 0.344. The Morgan fingerprint density at radius 1 is 1.42 bits per heavy atom. The van der Waals surface area contributed by atoms with Gasteiger partial charge in [-0.25, -0.2) is 5.41 Å². The Morgan fingerprint density at radius 3 is 2.33 bits per heavy atom. The third-order valence-electron chi connectivity index (χ3n) is 2.63. The highest BCUT2D eigenvalue weighted by atomic mass is 32.2. The van der Waals surface area contributed by atoms with Crippen LogP contribution >= 0.6 is 11.8 Å². The number of piperazine rings is 1. The number of rotatable bonds is 0. The van der Waals surface area contributed by atoms with Gasteiger partial charge in [0.2, 0.25) is 0 Å². The predicted molar refractivity (Wildman–Crippen MR) is 54.7 cm³/mol. The molecule has 0 spiro atoms. The summed E-state index contributed by atoms with van der Waals surface area (Å²) in [5, 5.41) is 8.61. The predicted octanol–water partition coefficient (Wildman–Crippen LogP) is 0.676. The minimum atomic E-state index is 0.795. The molecule has 0 saturated carbocycles. The fourth-order valence-electron chi connectivity index (χ4n) is 1.43. The van der Waals surface area contributed by atoms with Crippen molar-refractivity contribution in [3.05, 3.63) is 0 Å². The van der Waals surface area contributed by atoms with Crippen molar-refractivity contribution < 1.29 is 4.48 Å². The monoisotopic (exact) mass is 188 g/mol. The summed E-state index contributed by atoms with van der Waals surface area (Å²) in [5.74, 6) is 0. The maximum atomic E-state index is 7.81.